The van der Waals surface area contributed by atoms with E-state index in [1.165, 1.54) is 28.7 Å². The predicted octanol–water partition coefficient (Wildman–Crippen LogP) is 1.27. The van der Waals surface area contributed by atoms with Crippen LogP contribution in [0.4, 0.5) is 11.5 Å². The molecular weight excluding hydrogens is 388 g/mol. The third-order valence-corrected chi connectivity index (χ3v) is 6.57. The molecule has 2 aliphatic heterocycles. The van der Waals surface area contributed by atoms with E-state index in [0.29, 0.717) is 50.9 Å². The third-order valence-electron chi connectivity index (χ3n) is 4.67. The second-order valence-corrected chi connectivity index (χ2v) is 8.27. The molecule has 10 nitrogen and oxygen atoms in total. The van der Waals surface area contributed by atoms with Gasteiger partial charge in [-0.3, -0.25) is 0 Å². The number of pyridine rings is 1. The molecule has 0 radical (unpaired) electrons. The minimum absolute atomic E-state index is 0.169. The molecule has 0 bridgehead atoms. The van der Waals surface area contributed by atoms with Gasteiger partial charge < -0.3 is 24.5 Å². The number of nitrogens with zero attached hydrogens (tertiary/aromatic N) is 4. The van der Waals surface area contributed by atoms with Gasteiger partial charge in [0.2, 0.25) is 10.0 Å². The fourth-order valence-corrected chi connectivity index (χ4v) is 4.63. The Hall–Kier alpha value is -2.92. The van der Waals surface area contributed by atoms with Gasteiger partial charge in [-0.05, 0) is 28.1 Å². The van der Waals surface area contributed by atoms with Gasteiger partial charge in [-0.1, -0.05) is 0 Å². The Kier molecular flexibility index (Phi) is 4.77. The van der Waals surface area contributed by atoms with E-state index in [1.54, 1.807) is 12.1 Å². The van der Waals surface area contributed by atoms with Crippen molar-refractivity contribution in [3.8, 4) is 11.5 Å². The fourth-order valence-electron chi connectivity index (χ4n) is 3.19. The van der Waals surface area contributed by atoms with Gasteiger partial charge in [0.1, 0.15) is 13.2 Å². The van der Waals surface area contributed by atoms with Crippen LogP contribution >= 0.6 is 0 Å². The largest absolute Gasteiger partial charge is 0.486 e. The summed E-state index contributed by atoms with van der Waals surface area (Å²) in [5.41, 5.74) is 0.724. The van der Waals surface area contributed by atoms with Gasteiger partial charge in [-0.15, -0.1) is 0 Å². The Morgan fingerprint density at radius 3 is 2.36 bits per heavy atom. The molecule has 2 aliphatic rings. The van der Waals surface area contributed by atoms with Crippen molar-refractivity contribution in [3.63, 3.8) is 0 Å². The number of ether oxygens (including phenoxy) is 2. The molecule has 11 heteroatoms. The van der Waals surface area contributed by atoms with E-state index in [0.717, 1.165) is 5.69 Å². The lowest BCUT2D eigenvalue weighted by Gasteiger charge is -2.34. The van der Waals surface area contributed by atoms with Crippen molar-refractivity contribution in [3.05, 3.63) is 46.6 Å². The Bertz CT molecular complexity index is 987. The average Bonchev–Trinajstić information content (AvgIpc) is 2.73. The summed E-state index contributed by atoms with van der Waals surface area (Å²) >= 11 is 0. The average molecular weight is 406 g/mol. The molecule has 4 rings (SSSR count). The smallest absolute Gasteiger partial charge is 0.363 e. The van der Waals surface area contributed by atoms with Crippen LogP contribution in [0.25, 0.3) is 0 Å². The molecular formula is C17H18N4O6S. The standard InChI is InChI=1S/C17H18N4O6S/c22-21(23)17-4-1-13(12-18-17)19-5-7-20(8-6-19)28(24,25)14-2-3-15-16(11-14)27-10-9-26-15/h1-4,11-12H,5-10H2. The van der Waals surface area contributed by atoms with Crippen molar-refractivity contribution >= 4 is 21.5 Å². The van der Waals surface area contributed by atoms with E-state index in [-0.39, 0.29) is 10.7 Å². The summed E-state index contributed by atoms with van der Waals surface area (Å²) in [6.07, 6.45) is 1.43. The van der Waals surface area contributed by atoms with E-state index in [2.05, 4.69) is 4.98 Å². The maximum absolute atomic E-state index is 13.0. The van der Waals surface area contributed by atoms with Gasteiger partial charge in [0, 0.05) is 38.3 Å². The minimum Gasteiger partial charge on any atom is -0.486 e. The first-order valence-corrected chi connectivity index (χ1v) is 10.1. The highest BCUT2D eigenvalue weighted by atomic mass is 32.2. The minimum atomic E-state index is -3.65. The molecule has 0 unspecified atom stereocenters. The summed E-state index contributed by atoms with van der Waals surface area (Å²) in [5, 5.41) is 10.7. The number of sulfonamides is 1. The summed E-state index contributed by atoms with van der Waals surface area (Å²) in [5.74, 6) is 0.757. The lowest BCUT2D eigenvalue weighted by molar-refractivity contribution is -0.389. The van der Waals surface area contributed by atoms with Crippen LogP contribution in [-0.4, -0.2) is 62.0 Å². The second kappa shape index (κ2) is 7.24. The second-order valence-electron chi connectivity index (χ2n) is 6.33. The van der Waals surface area contributed by atoms with Crippen LogP contribution in [0.3, 0.4) is 0 Å². The molecule has 3 heterocycles. The highest BCUT2D eigenvalue weighted by Gasteiger charge is 2.30. The van der Waals surface area contributed by atoms with Crippen LogP contribution in [0.5, 0.6) is 11.5 Å². The molecule has 28 heavy (non-hydrogen) atoms. The van der Waals surface area contributed by atoms with Crippen LogP contribution < -0.4 is 14.4 Å². The van der Waals surface area contributed by atoms with Crippen molar-refractivity contribution in [2.45, 2.75) is 4.90 Å². The van der Waals surface area contributed by atoms with Crippen LogP contribution in [0.15, 0.2) is 41.4 Å². The number of fused-ring (bicyclic) bond motifs is 1. The first-order chi connectivity index (χ1) is 13.4. The monoisotopic (exact) mass is 406 g/mol. The van der Waals surface area contributed by atoms with Gasteiger partial charge >= 0.3 is 5.82 Å². The Balaban J connectivity index is 1.46. The van der Waals surface area contributed by atoms with Gasteiger partial charge in [-0.25, -0.2) is 8.42 Å². The van der Waals surface area contributed by atoms with E-state index in [9.17, 15) is 18.5 Å². The Labute approximate surface area is 161 Å². The maximum atomic E-state index is 13.0. The SMILES string of the molecule is O=[N+]([O-])c1ccc(N2CCN(S(=O)(=O)c3ccc4c(c3)OCCO4)CC2)cn1. The van der Waals surface area contributed by atoms with Crippen molar-refractivity contribution < 1.29 is 22.8 Å². The number of anilines is 1. The van der Waals surface area contributed by atoms with E-state index in [4.69, 9.17) is 9.47 Å². The lowest BCUT2D eigenvalue weighted by atomic mass is 10.3. The fraction of sp³-hybridized carbons (Fsp3) is 0.353. The van der Waals surface area contributed by atoms with Crippen molar-refractivity contribution in [1.82, 2.24) is 9.29 Å². The zero-order valence-corrected chi connectivity index (χ0v) is 15.7. The molecule has 0 N–H and O–H groups in total. The first kappa shape index (κ1) is 18.4. The number of piperazine rings is 1. The molecule has 1 saturated heterocycles. The summed E-state index contributed by atoms with van der Waals surface area (Å²) in [4.78, 5) is 16.1. The summed E-state index contributed by atoms with van der Waals surface area (Å²) in [7, 11) is -3.65. The molecule has 148 valence electrons. The van der Waals surface area contributed by atoms with Gasteiger partial charge in [0.05, 0.1) is 10.6 Å². The molecule has 0 saturated carbocycles. The summed E-state index contributed by atoms with van der Waals surface area (Å²) in [6, 6.07) is 7.59. The van der Waals surface area contributed by atoms with E-state index < -0.39 is 14.9 Å². The summed E-state index contributed by atoms with van der Waals surface area (Å²) in [6.45, 7) is 2.35. The maximum Gasteiger partial charge on any atom is 0.363 e. The summed E-state index contributed by atoms with van der Waals surface area (Å²) < 4.78 is 38.3. The Morgan fingerprint density at radius 2 is 1.71 bits per heavy atom. The van der Waals surface area contributed by atoms with E-state index in [1.807, 2.05) is 4.90 Å². The highest BCUT2D eigenvalue weighted by molar-refractivity contribution is 7.89. The number of rotatable bonds is 4. The molecule has 0 amide bonds. The number of nitro groups is 1. The van der Waals surface area contributed by atoms with Gasteiger partial charge in [0.15, 0.2) is 17.7 Å². The van der Waals surface area contributed by atoms with Crippen molar-refractivity contribution in [2.75, 3.05) is 44.3 Å². The zero-order valence-electron chi connectivity index (χ0n) is 14.9. The Morgan fingerprint density at radius 1 is 1.00 bits per heavy atom. The van der Waals surface area contributed by atoms with E-state index >= 15 is 0 Å². The molecule has 1 aromatic heterocycles. The molecule has 0 spiro atoms. The number of benzene rings is 1. The highest BCUT2D eigenvalue weighted by Crippen LogP contribution is 2.33. The molecule has 1 aromatic carbocycles. The number of hydrogen-bond donors (Lipinski definition) is 0. The van der Waals surface area contributed by atoms with Crippen LogP contribution in [0.1, 0.15) is 0 Å². The van der Waals surface area contributed by atoms with Crippen LogP contribution in [0.2, 0.25) is 0 Å². The van der Waals surface area contributed by atoms with Crippen molar-refractivity contribution in [1.29, 1.82) is 0 Å². The molecule has 1 fully saturated rings. The number of aromatic nitrogens is 1. The lowest BCUT2D eigenvalue weighted by Crippen LogP contribution is -2.48. The van der Waals surface area contributed by atoms with Crippen molar-refractivity contribution in [2.24, 2.45) is 0 Å². The zero-order chi connectivity index (χ0) is 19.7. The molecule has 0 atom stereocenters. The van der Waals surface area contributed by atoms with Gasteiger partial charge in [0.25, 0.3) is 0 Å². The quantitative estimate of drug-likeness (QED) is 0.551. The predicted molar refractivity (Wildman–Crippen MR) is 99.3 cm³/mol. The normalized spacial score (nSPS) is 17.4. The van der Waals surface area contributed by atoms with Crippen LogP contribution in [0, 0.1) is 10.1 Å². The third kappa shape index (κ3) is 3.45. The van der Waals surface area contributed by atoms with Crippen LogP contribution in [-0.2, 0) is 10.0 Å². The molecule has 2 aromatic rings. The molecule has 0 aliphatic carbocycles. The van der Waals surface area contributed by atoms with Gasteiger partial charge in [-0.2, -0.15) is 4.31 Å². The number of hydrogen-bond acceptors (Lipinski definition) is 8. The first-order valence-electron chi connectivity index (χ1n) is 8.70. The topological polar surface area (TPSA) is 115 Å².